The Morgan fingerprint density at radius 3 is 2.58 bits per heavy atom. The van der Waals surface area contributed by atoms with Crippen LogP contribution in [0.25, 0.3) is 0 Å². The highest BCUT2D eigenvalue weighted by molar-refractivity contribution is 5.87. The van der Waals surface area contributed by atoms with Crippen molar-refractivity contribution >= 4 is 5.78 Å². The standard InChI is InChI=1S/C11H16O/c1-10(2)8-7-6(12)4-5-11(7,3)9(8)10/h7-9H,4-5H2,1-3H3/t7-,8-,9+,11-/m1/s1. The van der Waals surface area contributed by atoms with Crippen LogP contribution in [0, 0.1) is 28.6 Å². The Kier molecular flexibility index (Phi) is 0.897. The molecule has 1 nitrogen and oxygen atoms in total. The molecule has 0 aromatic carbocycles. The minimum atomic E-state index is 0.422. The first-order valence-corrected chi connectivity index (χ1v) is 5.02. The third-order valence-electron chi connectivity index (χ3n) is 4.95. The van der Waals surface area contributed by atoms with Crippen LogP contribution in [-0.4, -0.2) is 5.78 Å². The fraction of sp³-hybridized carbons (Fsp3) is 0.909. The first kappa shape index (κ1) is 7.11. The molecule has 66 valence electrons. The van der Waals surface area contributed by atoms with E-state index in [1.54, 1.807) is 0 Å². The molecule has 0 saturated heterocycles. The average Bonchev–Trinajstić information content (AvgIpc) is 2.36. The molecule has 3 aliphatic carbocycles. The van der Waals surface area contributed by atoms with Gasteiger partial charge in [-0.1, -0.05) is 20.8 Å². The minimum absolute atomic E-state index is 0.422. The highest BCUT2D eigenvalue weighted by Gasteiger charge is 2.81. The van der Waals surface area contributed by atoms with Gasteiger partial charge in [0.05, 0.1) is 0 Å². The van der Waals surface area contributed by atoms with E-state index in [1.807, 2.05) is 0 Å². The molecule has 0 amide bonds. The molecule has 0 aromatic heterocycles. The van der Waals surface area contributed by atoms with Crippen molar-refractivity contribution in [2.45, 2.75) is 33.6 Å². The number of Topliss-reactive ketones (excluding diaryl/α,β-unsaturated/α-hetero) is 1. The van der Waals surface area contributed by atoms with E-state index in [-0.39, 0.29) is 0 Å². The summed E-state index contributed by atoms with van der Waals surface area (Å²) in [6.45, 7) is 7.00. The Balaban J connectivity index is 2.01. The number of fused-ring (bicyclic) bond motifs is 4. The van der Waals surface area contributed by atoms with Gasteiger partial charge in [-0.3, -0.25) is 4.79 Å². The van der Waals surface area contributed by atoms with Crippen LogP contribution in [-0.2, 0) is 4.79 Å². The van der Waals surface area contributed by atoms with Crippen molar-refractivity contribution in [3.05, 3.63) is 0 Å². The van der Waals surface area contributed by atoms with E-state index in [2.05, 4.69) is 20.8 Å². The van der Waals surface area contributed by atoms with E-state index >= 15 is 0 Å². The second-order valence-corrected chi connectivity index (χ2v) is 5.77. The van der Waals surface area contributed by atoms with Crippen LogP contribution in [0.3, 0.4) is 0 Å². The first-order valence-electron chi connectivity index (χ1n) is 5.02. The van der Waals surface area contributed by atoms with Gasteiger partial charge in [0.2, 0.25) is 0 Å². The van der Waals surface area contributed by atoms with Crippen LogP contribution in [0.5, 0.6) is 0 Å². The summed E-state index contributed by atoms with van der Waals surface area (Å²) in [7, 11) is 0. The van der Waals surface area contributed by atoms with Gasteiger partial charge in [-0.25, -0.2) is 0 Å². The van der Waals surface area contributed by atoms with E-state index in [9.17, 15) is 4.79 Å². The summed E-state index contributed by atoms with van der Waals surface area (Å²) in [6.07, 6.45) is 2.03. The van der Waals surface area contributed by atoms with Crippen molar-refractivity contribution in [3.63, 3.8) is 0 Å². The fourth-order valence-corrected chi connectivity index (χ4v) is 4.47. The maximum atomic E-state index is 11.6. The zero-order chi connectivity index (χ0) is 8.72. The number of carbonyl (C=O) groups is 1. The second-order valence-electron chi connectivity index (χ2n) is 5.77. The van der Waals surface area contributed by atoms with Gasteiger partial charge < -0.3 is 0 Å². The lowest BCUT2D eigenvalue weighted by Gasteiger charge is -2.39. The molecule has 0 bridgehead atoms. The third-order valence-corrected chi connectivity index (χ3v) is 4.95. The molecule has 3 fully saturated rings. The van der Waals surface area contributed by atoms with Gasteiger partial charge in [-0.15, -0.1) is 0 Å². The third kappa shape index (κ3) is 0.462. The summed E-state index contributed by atoms with van der Waals surface area (Å²) in [6, 6.07) is 0. The lowest BCUT2D eigenvalue weighted by atomic mass is 9.63. The van der Waals surface area contributed by atoms with Gasteiger partial charge in [0.15, 0.2) is 0 Å². The van der Waals surface area contributed by atoms with Crippen LogP contribution in [0.1, 0.15) is 33.6 Å². The molecular weight excluding hydrogens is 148 g/mol. The smallest absolute Gasteiger partial charge is 0.136 e. The van der Waals surface area contributed by atoms with Gasteiger partial charge >= 0.3 is 0 Å². The lowest BCUT2D eigenvalue weighted by Crippen LogP contribution is -2.39. The zero-order valence-corrected chi connectivity index (χ0v) is 8.05. The summed E-state index contributed by atoms with van der Waals surface area (Å²) in [5.41, 5.74) is 0.917. The Hall–Kier alpha value is -0.330. The number of hydrogen-bond acceptors (Lipinski definition) is 1. The molecule has 12 heavy (non-hydrogen) atoms. The number of ketones is 1. The quantitative estimate of drug-likeness (QED) is 0.536. The topological polar surface area (TPSA) is 17.1 Å². The largest absolute Gasteiger partial charge is 0.299 e. The molecule has 3 aliphatic rings. The van der Waals surface area contributed by atoms with Crippen LogP contribution >= 0.6 is 0 Å². The van der Waals surface area contributed by atoms with Crippen molar-refractivity contribution in [2.75, 3.05) is 0 Å². The Bertz CT molecular complexity index is 279. The van der Waals surface area contributed by atoms with Gasteiger partial charge in [0.1, 0.15) is 5.78 Å². The van der Waals surface area contributed by atoms with Crippen molar-refractivity contribution in [1.29, 1.82) is 0 Å². The van der Waals surface area contributed by atoms with Crippen LogP contribution < -0.4 is 0 Å². The molecule has 3 saturated carbocycles. The van der Waals surface area contributed by atoms with Crippen molar-refractivity contribution < 1.29 is 4.79 Å². The lowest BCUT2D eigenvalue weighted by molar-refractivity contribution is -0.126. The normalized spacial score (nSPS) is 58.9. The highest BCUT2D eigenvalue weighted by atomic mass is 16.1. The van der Waals surface area contributed by atoms with E-state index < -0.39 is 0 Å². The van der Waals surface area contributed by atoms with E-state index in [4.69, 9.17) is 0 Å². The maximum Gasteiger partial charge on any atom is 0.136 e. The van der Waals surface area contributed by atoms with E-state index in [1.165, 1.54) is 6.42 Å². The Morgan fingerprint density at radius 1 is 1.33 bits per heavy atom. The zero-order valence-electron chi connectivity index (χ0n) is 8.05. The molecule has 0 aliphatic heterocycles. The molecule has 0 heterocycles. The SMILES string of the molecule is CC1(C)[C@@H]2[C@H]3C(=O)CC[C@@]3(C)[C@@H]21. The Labute approximate surface area is 73.5 Å². The number of carbonyl (C=O) groups excluding carboxylic acids is 1. The number of rotatable bonds is 0. The second kappa shape index (κ2) is 1.51. The minimum Gasteiger partial charge on any atom is -0.299 e. The predicted octanol–water partition coefficient (Wildman–Crippen LogP) is 2.26. The summed E-state index contributed by atoms with van der Waals surface area (Å²) in [5.74, 6) is 2.65. The molecule has 0 aromatic rings. The molecule has 0 spiro atoms. The molecular formula is C11H16O. The Morgan fingerprint density at radius 2 is 2.00 bits per heavy atom. The fourth-order valence-electron chi connectivity index (χ4n) is 4.47. The van der Waals surface area contributed by atoms with Gasteiger partial charge in [-0.05, 0) is 29.1 Å². The summed E-state index contributed by atoms with van der Waals surface area (Å²) in [5, 5.41) is 0. The molecule has 1 heteroatoms. The van der Waals surface area contributed by atoms with E-state index in [0.717, 1.165) is 18.3 Å². The number of hydrogen-bond donors (Lipinski definition) is 0. The molecule has 4 atom stereocenters. The van der Waals surface area contributed by atoms with Gasteiger partial charge in [-0.2, -0.15) is 0 Å². The molecule has 0 unspecified atom stereocenters. The molecule has 0 N–H and O–H groups in total. The van der Waals surface area contributed by atoms with Crippen LogP contribution in [0.15, 0.2) is 0 Å². The maximum absolute atomic E-state index is 11.6. The van der Waals surface area contributed by atoms with Crippen molar-refractivity contribution in [3.8, 4) is 0 Å². The highest BCUT2D eigenvalue weighted by Crippen LogP contribution is 2.84. The van der Waals surface area contributed by atoms with Crippen LogP contribution in [0.4, 0.5) is 0 Å². The van der Waals surface area contributed by atoms with Crippen molar-refractivity contribution in [2.24, 2.45) is 28.6 Å². The summed E-state index contributed by atoms with van der Waals surface area (Å²) >= 11 is 0. The molecule has 0 radical (unpaired) electrons. The average molecular weight is 164 g/mol. The van der Waals surface area contributed by atoms with Gasteiger partial charge in [0.25, 0.3) is 0 Å². The summed E-state index contributed by atoms with van der Waals surface area (Å²) in [4.78, 5) is 11.6. The summed E-state index contributed by atoms with van der Waals surface area (Å²) < 4.78 is 0. The monoisotopic (exact) mass is 164 g/mol. The first-order chi connectivity index (χ1) is 5.49. The van der Waals surface area contributed by atoms with E-state index in [0.29, 0.717) is 22.5 Å². The van der Waals surface area contributed by atoms with Crippen molar-refractivity contribution in [1.82, 2.24) is 0 Å². The van der Waals surface area contributed by atoms with Crippen LogP contribution in [0.2, 0.25) is 0 Å². The molecule has 3 rings (SSSR count). The van der Waals surface area contributed by atoms with Gasteiger partial charge in [0, 0.05) is 12.3 Å². The predicted molar refractivity (Wildman–Crippen MR) is 46.6 cm³/mol.